The number of benzene rings is 3. The van der Waals surface area contributed by atoms with Gasteiger partial charge in [-0.05, 0) is 72.7 Å². The van der Waals surface area contributed by atoms with Crippen molar-refractivity contribution >= 4 is 43.2 Å². The van der Waals surface area contributed by atoms with E-state index in [2.05, 4.69) is 16.9 Å². The maximum absolute atomic E-state index is 13.1. The first-order chi connectivity index (χ1) is 15.8. The minimum atomic E-state index is -3.76. The predicted octanol–water partition coefficient (Wildman–Crippen LogP) is 5.29. The lowest BCUT2D eigenvalue weighted by Crippen LogP contribution is -2.27. The number of nitrogens with zero attached hydrogens (tertiary/aromatic N) is 1. The van der Waals surface area contributed by atoms with E-state index in [9.17, 15) is 13.2 Å². The van der Waals surface area contributed by atoms with Gasteiger partial charge in [-0.3, -0.25) is 9.36 Å². The van der Waals surface area contributed by atoms with Crippen LogP contribution in [0.5, 0.6) is 0 Å². The molecule has 4 aromatic rings. The van der Waals surface area contributed by atoms with Gasteiger partial charge in [0, 0.05) is 11.1 Å². The van der Waals surface area contributed by atoms with Gasteiger partial charge >= 0.3 is 4.87 Å². The van der Waals surface area contributed by atoms with Crippen molar-refractivity contribution in [3.8, 4) is 0 Å². The first-order valence-corrected chi connectivity index (χ1v) is 13.5. The van der Waals surface area contributed by atoms with Crippen molar-refractivity contribution in [2.75, 3.05) is 0 Å². The van der Waals surface area contributed by atoms with E-state index in [0.717, 1.165) is 41.7 Å². The molecule has 0 aliphatic heterocycles. The molecule has 0 bridgehead atoms. The van der Waals surface area contributed by atoms with Crippen LogP contribution < -0.4 is 9.60 Å². The molecule has 1 aliphatic rings. The molecule has 1 aromatic heterocycles. The van der Waals surface area contributed by atoms with Crippen LogP contribution in [0.15, 0.2) is 70.4 Å². The number of halogens is 1. The van der Waals surface area contributed by atoms with Crippen molar-refractivity contribution in [1.29, 1.82) is 0 Å². The second-order valence-corrected chi connectivity index (χ2v) is 11.5. The Morgan fingerprint density at radius 3 is 2.67 bits per heavy atom. The summed E-state index contributed by atoms with van der Waals surface area (Å²) in [4.78, 5) is 12.6. The molecule has 1 heterocycles. The summed E-state index contributed by atoms with van der Waals surface area (Å²) in [6.07, 6.45) is 3.29. The van der Waals surface area contributed by atoms with Gasteiger partial charge in [0.15, 0.2) is 0 Å². The summed E-state index contributed by atoms with van der Waals surface area (Å²) in [5.41, 5.74) is 5.15. The molecule has 1 atom stereocenters. The minimum absolute atomic E-state index is 0.147. The maximum atomic E-state index is 13.1. The van der Waals surface area contributed by atoms with Crippen molar-refractivity contribution in [1.82, 2.24) is 9.29 Å². The largest absolute Gasteiger partial charge is 0.308 e. The topological polar surface area (TPSA) is 68.2 Å². The van der Waals surface area contributed by atoms with Crippen LogP contribution >= 0.6 is 22.9 Å². The van der Waals surface area contributed by atoms with E-state index in [4.69, 9.17) is 11.6 Å². The zero-order valence-corrected chi connectivity index (χ0v) is 20.4. The van der Waals surface area contributed by atoms with Crippen LogP contribution in [0.1, 0.15) is 41.6 Å². The summed E-state index contributed by atoms with van der Waals surface area (Å²) in [7, 11) is -3.76. The Bertz CT molecular complexity index is 1520. The van der Waals surface area contributed by atoms with Gasteiger partial charge in [0.1, 0.15) is 0 Å². The van der Waals surface area contributed by atoms with Crippen molar-refractivity contribution in [3.63, 3.8) is 0 Å². The standard InChI is InChI=1S/C25H23ClN2O3S2/c1-16(18-10-9-17-6-4-7-19(17)13-18)27-33(30,31)21-11-12-23-24(14-21)32-25(29)28(23)15-20-5-2-3-8-22(20)26/h2-3,5,8-14,16,27H,4,6-7,15H2,1H3/t16-/m0/s1. The van der Waals surface area contributed by atoms with Gasteiger partial charge in [0.2, 0.25) is 10.0 Å². The van der Waals surface area contributed by atoms with Gasteiger partial charge in [0.25, 0.3) is 0 Å². The molecule has 33 heavy (non-hydrogen) atoms. The van der Waals surface area contributed by atoms with Gasteiger partial charge in [-0.2, -0.15) is 0 Å². The first-order valence-electron chi connectivity index (χ1n) is 10.8. The van der Waals surface area contributed by atoms with E-state index in [1.165, 1.54) is 11.1 Å². The normalized spacial score (nSPS) is 14.5. The molecule has 5 nitrogen and oxygen atoms in total. The number of aryl methyl sites for hydroxylation is 2. The van der Waals surface area contributed by atoms with E-state index >= 15 is 0 Å². The number of hydrogen-bond acceptors (Lipinski definition) is 4. The molecule has 5 rings (SSSR count). The Morgan fingerprint density at radius 1 is 1.06 bits per heavy atom. The van der Waals surface area contributed by atoms with E-state index in [-0.39, 0.29) is 15.8 Å². The van der Waals surface area contributed by atoms with Crippen LogP contribution in [0.25, 0.3) is 10.2 Å². The number of rotatable bonds is 6. The quantitative estimate of drug-likeness (QED) is 0.392. The molecular formula is C25H23ClN2O3S2. The molecule has 3 aromatic carbocycles. The Kier molecular flexibility index (Phi) is 5.91. The van der Waals surface area contributed by atoms with Gasteiger partial charge < -0.3 is 0 Å². The molecule has 8 heteroatoms. The molecule has 0 radical (unpaired) electrons. The molecule has 170 valence electrons. The SMILES string of the molecule is C[C@H](NS(=O)(=O)c1ccc2c(c1)sc(=O)n2Cc1ccccc1Cl)c1ccc2c(c1)CCC2. The number of nitrogens with one attached hydrogen (secondary N) is 1. The second kappa shape index (κ2) is 8.72. The van der Waals surface area contributed by atoms with Crippen molar-refractivity contribution in [2.24, 2.45) is 0 Å². The number of fused-ring (bicyclic) bond motifs is 2. The van der Waals surface area contributed by atoms with Gasteiger partial charge in [-0.25, -0.2) is 13.1 Å². The molecule has 0 unspecified atom stereocenters. The Labute approximate surface area is 201 Å². The van der Waals surface area contributed by atoms with Crippen LogP contribution in [-0.2, 0) is 29.4 Å². The highest BCUT2D eigenvalue weighted by Crippen LogP contribution is 2.28. The lowest BCUT2D eigenvalue weighted by atomic mass is 10.0. The monoisotopic (exact) mass is 498 g/mol. The summed E-state index contributed by atoms with van der Waals surface area (Å²) in [5.74, 6) is 0. The van der Waals surface area contributed by atoms with Crippen molar-refractivity contribution in [3.05, 3.63) is 97.6 Å². The molecular weight excluding hydrogens is 476 g/mol. The minimum Gasteiger partial charge on any atom is -0.294 e. The van der Waals surface area contributed by atoms with Crippen LogP contribution in [0.4, 0.5) is 0 Å². The maximum Gasteiger partial charge on any atom is 0.308 e. The second-order valence-electron chi connectivity index (χ2n) is 8.40. The highest BCUT2D eigenvalue weighted by Gasteiger charge is 2.21. The highest BCUT2D eigenvalue weighted by atomic mass is 35.5. The third-order valence-corrected chi connectivity index (χ3v) is 9.04. The lowest BCUT2D eigenvalue weighted by Gasteiger charge is -2.16. The Morgan fingerprint density at radius 2 is 1.85 bits per heavy atom. The fourth-order valence-electron chi connectivity index (χ4n) is 4.39. The summed E-state index contributed by atoms with van der Waals surface area (Å²) in [6, 6.07) is 18.1. The third-order valence-electron chi connectivity index (χ3n) is 6.19. The molecule has 1 N–H and O–H groups in total. The van der Waals surface area contributed by atoms with Crippen LogP contribution in [0.3, 0.4) is 0 Å². The fraction of sp³-hybridized carbons (Fsp3) is 0.240. The number of hydrogen-bond donors (Lipinski definition) is 1. The first kappa shape index (κ1) is 22.3. The van der Waals surface area contributed by atoms with E-state index in [1.807, 2.05) is 31.2 Å². The summed E-state index contributed by atoms with van der Waals surface area (Å²) in [5, 5.41) is 0.590. The molecule has 0 saturated carbocycles. The zero-order valence-electron chi connectivity index (χ0n) is 18.0. The molecule has 1 aliphatic carbocycles. The molecule has 0 fully saturated rings. The number of aromatic nitrogens is 1. The van der Waals surface area contributed by atoms with Crippen LogP contribution in [0.2, 0.25) is 5.02 Å². The Balaban J connectivity index is 1.42. The zero-order chi connectivity index (χ0) is 23.2. The summed E-state index contributed by atoms with van der Waals surface area (Å²) < 4.78 is 31.3. The van der Waals surface area contributed by atoms with Gasteiger partial charge in [-0.15, -0.1) is 0 Å². The fourth-order valence-corrected chi connectivity index (χ4v) is 6.85. The smallest absolute Gasteiger partial charge is 0.294 e. The average Bonchev–Trinajstić information content (AvgIpc) is 3.38. The van der Waals surface area contributed by atoms with Crippen LogP contribution in [-0.4, -0.2) is 13.0 Å². The molecule has 0 spiro atoms. The van der Waals surface area contributed by atoms with Gasteiger partial charge in [0.05, 0.1) is 21.7 Å². The molecule has 0 saturated heterocycles. The van der Waals surface area contributed by atoms with Crippen molar-refractivity contribution in [2.45, 2.75) is 43.7 Å². The average molecular weight is 499 g/mol. The lowest BCUT2D eigenvalue weighted by molar-refractivity contribution is 0.567. The van der Waals surface area contributed by atoms with Gasteiger partial charge in [-0.1, -0.05) is 59.3 Å². The number of sulfonamides is 1. The van der Waals surface area contributed by atoms with Crippen LogP contribution in [0, 0.1) is 0 Å². The van der Waals surface area contributed by atoms with E-state index < -0.39 is 10.0 Å². The predicted molar refractivity (Wildman–Crippen MR) is 134 cm³/mol. The Hall–Kier alpha value is -2.45. The summed E-state index contributed by atoms with van der Waals surface area (Å²) >= 11 is 7.30. The van der Waals surface area contributed by atoms with Crippen molar-refractivity contribution < 1.29 is 8.42 Å². The van der Waals surface area contributed by atoms with E-state index in [1.54, 1.807) is 28.8 Å². The molecule has 0 amide bonds. The highest BCUT2D eigenvalue weighted by molar-refractivity contribution is 7.89. The number of thiazole rings is 1. The third kappa shape index (κ3) is 4.38. The summed E-state index contributed by atoms with van der Waals surface area (Å²) in [6.45, 7) is 2.18. The van der Waals surface area contributed by atoms with E-state index in [0.29, 0.717) is 21.8 Å².